The van der Waals surface area contributed by atoms with Crippen molar-refractivity contribution >= 4 is 21.8 Å². The molecule has 2 aromatic rings. The topological polar surface area (TPSA) is 25.2 Å². The van der Waals surface area contributed by atoms with E-state index in [1.807, 2.05) is 29.2 Å². The largest absolute Gasteiger partial charge is 0.354 e. The van der Waals surface area contributed by atoms with Gasteiger partial charge in [-0.3, -0.25) is 4.79 Å². The molecule has 0 N–H and O–H groups in total. The fourth-order valence-corrected chi connectivity index (χ4v) is 2.99. The standard InChI is InChI=1S/C16H17BrN2O/c1-18-8-6-13-11-19(9-7-15(13)18)16(20)10-12-2-4-14(17)5-3-12/h2-6,8H,7,9-11H2,1H3. The Morgan fingerprint density at radius 2 is 2.00 bits per heavy atom. The second-order valence-corrected chi connectivity index (χ2v) is 6.18. The highest BCUT2D eigenvalue weighted by atomic mass is 79.9. The molecule has 2 heterocycles. The lowest BCUT2D eigenvalue weighted by Gasteiger charge is -2.28. The Morgan fingerprint density at radius 3 is 2.75 bits per heavy atom. The molecule has 0 spiro atoms. The number of aryl methyl sites for hydroxylation is 1. The molecule has 1 aromatic heterocycles. The number of halogens is 1. The van der Waals surface area contributed by atoms with Crippen LogP contribution in [0, 0.1) is 0 Å². The van der Waals surface area contributed by atoms with Gasteiger partial charge in [-0.05, 0) is 29.3 Å². The minimum atomic E-state index is 0.210. The third kappa shape index (κ3) is 2.66. The fourth-order valence-electron chi connectivity index (χ4n) is 2.72. The lowest BCUT2D eigenvalue weighted by molar-refractivity contribution is -0.131. The quantitative estimate of drug-likeness (QED) is 0.830. The Kier molecular flexibility index (Phi) is 3.66. The van der Waals surface area contributed by atoms with E-state index in [0.717, 1.165) is 29.5 Å². The highest BCUT2D eigenvalue weighted by Gasteiger charge is 2.22. The number of benzene rings is 1. The third-order valence-electron chi connectivity index (χ3n) is 3.90. The normalized spacial score (nSPS) is 14.2. The lowest BCUT2D eigenvalue weighted by atomic mass is 10.1. The van der Waals surface area contributed by atoms with Crippen LogP contribution in [0.15, 0.2) is 41.0 Å². The van der Waals surface area contributed by atoms with Crippen molar-refractivity contribution in [1.29, 1.82) is 0 Å². The van der Waals surface area contributed by atoms with E-state index in [9.17, 15) is 4.79 Å². The molecule has 3 nitrogen and oxygen atoms in total. The summed E-state index contributed by atoms with van der Waals surface area (Å²) in [5, 5.41) is 0. The molecule has 20 heavy (non-hydrogen) atoms. The van der Waals surface area contributed by atoms with Crippen LogP contribution in [0.25, 0.3) is 0 Å². The van der Waals surface area contributed by atoms with Crippen LogP contribution in [0.4, 0.5) is 0 Å². The molecule has 1 aromatic carbocycles. The number of nitrogens with zero attached hydrogens (tertiary/aromatic N) is 2. The molecule has 3 rings (SSSR count). The van der Waals surface area contributed by atoms with Gasteiger partial charge in [0.05, 0.1) is 6.42 Å². The molecule has 104 valence electrons. The first-order valence-corrected chi connectivity index (χ1v) is 7.58. The summed E-state index contributed by atoms with van der Waals surface area (Å²) in [6, 6.07) is 10.1. The molecule has 0 bridgehead atoms. The summed E-state index contributed by atoms with van der Waals surface area (Å²) in [4.78, 5) is 14.3. The molecular formula is C16H17BrN2O. The molecule has 1 amide bonds. The van der Waals surface area contributed by atoms with Crippen LogP contribution in [0.1, 0.15) is 16.8 Å². The van der Waals surface area contributed by atoms with Crippen molar-refractivity contribution in [1.82, 2.24) is 9.47 Å². The van der Waals surface area contributed by atoms with Gasteiger partial charge in [-0.25, -0.2) is 0 Å². The van der Waals surface area contributed by atoms with E-state index in [-0.39, 0.29) is 5.91 Å². The zero-order valence-electron chi connectivity index (χ0n) is 11.5. The maximum absolute atomic E-state index is 12.4. The molecule has 1 aliphatic heterocycles. The van der Waals surface area contributed by atoms with Gasteiger partial charge in [0.2, 0.25) is 5.91 Å². The molecule has 1 aliphatic rings. The zero-order chi connectivity index (χ0) is 14.1. The number of carbonyl (C=O) groups is 1. The van der Waals surface area contributed by atoms with Crippen LogP contribution >= 0.6 is 15.9 Å². The van der Waals surface area contributed by atoms with Crippen molar-refractivity contribution in [3.05, 3.63) is 57.8 Å². The predicted octanol–water partition coefficient (Wildman–Crippen LogP) is 2.92. The van der Waals surface area contributed by atoms with Crippen LogP contribution in [0.2, 0.25) is 0 Å². The molecule has 0 unspecified atom stereocenters. The highest BCUT2D eigenvalue weighted by Crippen LogP contribution is 2.20. The van der Waals surface area contributed by atoms with Gasteiger partial charge >= 0.3 is 0 Å². The summed E-state index contributed by atoms with van der Waals surface area (Å²) in [5.41, 5.74) is 3.71. The number of rotatable bonds is 2. The molecular weight excluding hydrogens is 316 g/mol. The van der Waals surface area contributed by atoms with Crippen molar-refractivity contribution in [2.45, 2.75) is 19.4 Å². The summed E-state index contributed by atoms with van der Waals surface area (Å²) in [7, 11) is 2.07. The molecule has 0 atom stereocenters. The first-order valence-electron chi connectivity index (χ1n) is 6.79. The van der Waals surface area contributed by atoms with Crippen LogP contribution in [0.3, 0.4) is 0 Å². The number of hydrogen-bond acceptors (Lipinski definition) is 1. The van der Waals surface area contributed by atoms with Gasteiger partial charge < -0.3 is 9.47 Å². The van der Waals surface area contributed by atoms with Crippen LogP contribution in [-0.2, 0) is 31.2 Å². The van der Waals surface area contributed by atoms with Crippen molar-refractivity contribution in [3.63, 3.8) is 0 Å². The summed E-state index contributed by atoms with van der Waals surface area (Å²) in [6.45, 7) is 1.56. The first-order chi connectivity index (χ1) is 9.63. The number of amides is 1. The second kappa shape index (κ2) is 5.44. The van der Waals surface area contributed by atoms with E-state index in [0.29, 0.717) is 6.42 Å². The molecule has 0 radical (unpaired) electrons. The number of hydrogen-bond donors (Lipinski definition) is 0. The molecule has 0 saturated carbocycles. The van der Waals surface area contributed by atoms with E-state index in [2.05, 4.69) is 39.8 Å². The summed E-state index contributed by atoms with van der Waals surface area (Å²) < 4.78 is 3.20. The Morgan fingerprint density at radius 1 is 1.25 bits per heavy atom. The van der Waals surface area contributed by atoms with Crippen LogP contribution in [-0.4, -0.2) is 21.9 Å². The molecule has 0 aliphatic carbocycles. The number of fused-ring (bicyclic) bond motifs is 1. The average Bonchev–Trinajstić information content (AvgIpc) is 2.82. The monoisotopic (exact) mass is 332 g/mol. The van der Waals surface area contributed by atoms with Crippen molar-refractivity contribution < 1.29 is 4.79 Å². The zero-order valence-corrected chi connectivity index (χ0v) is 13.1. The van der Waals surface area contributed by atoms with E-state index < -0.39 is 0 Å². The Hall–Kier alpha value is -1.55. The van der Waals surface area contributed by atoms with Gasteiger partial charge in [-0.15, -0.1) is 0 Å². The Balaban J connectivity index is 1.68. The fraction of sp³-hybridized carbons (Fsp3) is 0.312. The van der Waals surface area contributed by atoms with Gasteiger partial charge in [0.15, 0.2) is 0 Å². The summed E-state index contributed by atoms with van der Waals surface area (Å²) in [5.74, 6) is 0.210. The van der Waals surface area contributed by atoms with E-state index in [1.165, 1.54) is 11.3 Å². The van der Waals surface area contributed by atoms with Crippen molar-refractivity contribution in [3.8, 4) is 0 Å². The lowest BCUT2D eigenvalue weighted by Crippen LogP contribution is -2.37. The number of aromatic nitrogens is 1. The van der Waals surface area contributed by atoms with Gasteiger partial charge in [-0.1, -0.05) is 28.1 Å². The van der Waals surface area contributed by atoms with Crippen LogP contribution in [0.5, 0.6) is 0 Å². The predicted molar refractivity (Wildman–Crippen MR) is 82.4 cm³/mol. The molecule has 4 heteroatoms. The molecule has 0 saturated heterocycles. The first kappa shape index (κ1) is 13.4. The molecule has 0 fully saturated rings. The van der Waals surface area contributed by atoms with Crippen molar-refractivity contribution in [2.75, 3.05) is 6.54 Å². The third-order valence-corrected chi connectivity index (χ3v) is 4.43. The minimum absolute atomic E-state index is 0.210. The maximum Gasteiger partial charge on any atom is 0.227 e. The van der Waals surface area contributed by atoms with Gasteiger partial charge in [-0.2, -0.15) is 0 Å². The van der Waals surface area contributed by atoms with Crippen molar-refractivity contribution in [2.24, 2.45) is 7.05 Å². The van der Waals surface area contributed by atoms with Gasteiger partial charge in [0.25, 0.3) is 0 Å². The second-order valence-electron chi connectivity index (χ2n) is 5.27. The maximum atomic E-state index is 12.4. The highest BCUT2D eigenvalue weighted by molar-refractivity contribution is 9.10. The van der Waals surface area contributed by atoms with Crippen LogP contribution < -0.4 is 0 Å². The average molecular weight is 333 g/mol. The number of carbonyl (C=O) groups excluding carboxylic acids is 1. The van der Waals surface area contributed by atoms with Gasteiger partial charge in [0.1, 0.15) is 0 Å². The minimum Gasteiger partial charge on any atom is -0.354 e. The summed E-state index contributed by atoms with van der Waals surface area (Å²) >= 11 is 3.41. The Bertz CT molecular complexity index is 630. The van der Waals surface area contributed by atoms with Gasteiger partial charge in [0, 0.05) is 42.9 Å². The van der Waals surface area contributed by atoms with E-state index >= 15 is 0 Å². The van der Waals surface area contributed by atoms with E-state index in [1.54, 1.807) is 0 Å². The summed E-state index contributed by atoms with van der Waals surface area (Å²) in [6.07, 6.45) is 3.51. The smallest absolute Gasteiger partial charge is 0.227 e. The van der Waals surface area contributed by atoms with E-state index in [4.69, 9.17) is 0 Å². The SMILES string of the molecule is Cn1ccc2c1CCN(C(=O)Cc1ccc(Br)cc1)C2. The Labute approximate surface area is 127 Å².